The van der Waals surface area contributed by atoms with E-state index in [1.165, 1.54) is 0 Å². The summed E-state index contributed by atoms with van der Waals surface area (Å²) in [6.45, 7) is 0. The molecule has 0 aromatic heterocycles. The molecule has 0 saturated heterocycles. The summed E-state index contributed by atoms with van der Waals surface area (Å²) in [6.07, 6.45) is 0. The average Bonchev–Trinajstić information content (AvgIpc) is 2.48. The summed E-state index contributed by atoms with van der Waals surface area (Å²) in [7, 11) is 0. The van der Waals surface area contributed by atoms with E-state index in [0.717, 1.165) is 0 Å². The van der Waals surface area contributed by atoms with E-state index in [1.807, 2.05) is 0 Å². The maximum Gasteiger partial charge on any atom is 0.177 e. The Bertz CT molecular complexity index is 693. The van der Waals surface area contributed by atoms with Crippen LogP contribution >= 0.6 is 46.4 Å². The largest absolute Gasteiger partial charge is 0.281 e. The van der Waals surface area contributed by atoms with Crippen molar-refractivity contribution in [2.75, 3.05) is 0 Å². The minimum Gasteiger partial charge on any atom is -0.281 e. The standard InChI is InChI=1S/C14H8Cl4N4/c15-7-3-1-4-8(16)11(7)13-19-21-14(22-20-13)12-9(17)5-2-6-10(12)18/h1-6H,(H,19,20)(H,21,22). The van der Waals surface area contributed by atoms with Crippen molar-refractivity contribution in [1.82, 2.24) is 10.9 Å². The molecule has 112 valence electrons. The molecule has 2 aromatic carbocycles. The number of hydrogen-bond acceptors (Lipinski definition) is 4. The highest BCUT2D eigenvalue weighted by molar-refractivity contribution is 6.41. The Morgan fingerprint density at radius 1 is 0.591 bits per heavy atom. The van der Waals surface area contributed by atoms with E-state index in [0.29, 0.717) is 42.9 Å². The quantitative estimate of drug-likeness (QED) is 0.813. The molecule has 1 aliphatic heterocycles. The monoisotopic (exact) mass is 372 g/mol. The minimum atomic E-state index is 0.405. The summed E-state index contributed by atoms with van der Waals surface area (Å²) in [4.78, 5) is 0. The first-order valence-corrected chi connectivity index (χ1v) is 7.65. The normalized spacial score (nSPS) is 13.8. The Morgan fingerprint density at radius 3 is 1.18 bits per heavy atom. The Kier molecular flexibility index (Phi) is 4.45. The van der Waals surface area contributed by atoms with E-state index in [-0.39, 0.29) is 0 Å². The molecule has 0 aliphatic carbocycles. The Hall–Kier alpha value is -1.46. The molecule has 1 heterocycles. The third-order valence-electron chi connectivity index (χ3n) is 2.95. The Morgan fingerprint density at radius 2 is 0.909 bits per heavy atom. The number of nitrogens with one attached hydrogen (secondary N) is 2. The highest BCUT2D eigenvalue weighted by atomic mass is 35.5. The summed E-state index contributed by atoms with van der Waals surface area (Å²) in [5, 5.41) is 10.1. The van der Waals surface area contributed by atoms with Gasteiger partial charge in [-0.1, -0.05) is 58.5 Å². The van der Waals surface area contributed by atoms with Crippen LogP contribution in [-0.4, -0.2) is 11.7 Å². The maximum atomic E-state index is 6.14. The first-order valence-electron chi connectivity index (χ1n) is 6.14. The molecule has 8 heteroatoms. The molecule has 4 nitrogen and oxygen atoms in total. The van der Waals surface area contributed by atoms with Crippen molar-refractivity contribution in [1.29, 1.82) is 0 Å². The molecule has 0 unspecified atom stereocenters. The molecular formula is C14H8Cl4N4. The van der Waals surface area contributed by atoms with Crippen LogP contribution in [-0.2, 0) is 0 Å². The number of benzene rings is 2. The van der Waals surface area contributed by atoms with E-state index < -0.39 is 0 Å². The minimum absolute atomic E-state index is 0.405. The molecule has 0 atom stereocenters. The van der Waals surface area contributed by atoms with Crippen molar-refractivity contribution in [3.8, 4) is 0 Å². The molecule has 0 fully saturated rings. The second kappa shape index (κ2) is 6.34. The van der Waals surface area contributed by atoms with E-state index in [4.69, 9.17) is 46.4 Å². The van der Waals surface area contributed by atoms with Gasteiger partial charge >= 0.3 is 0 Å². The topological polar surface area (TPSA) is 48.8 Å². The van der Waals surface area contributed by atoms with Gasteiger partial charge < -0.3 is 0 Å². The van der Waals surface area contributed by atoms with E-state index in [2.05, 4.69) is 21.1 Å². The van der Waals surface area contributed by atoms with Gasteiger partial charge in [0.15, 0.2) is 11.7 Å². The van der Waals surface area contributed by atoms with E-state index in [1.54, 1.807) is 36.4 Å². The van der Waals surface area contributed by atoms with Crippen LogP contribution in [0.5, 0.6) is 0 Å². The summed E-state index contributed by atoms with van der Waals surface area (Å²) in [6, 6.07) is 10.4. The molecular weight excluding hydrogens is 366 g/mol. The fraction of sp³-hybridized carbons (Fsp3) is 0. The van der Waals surface area contributed by atoms with Crippen molar-refractivity contribution in [3.05, 3.63) is 67.6 Å². The highest BCUT2D eigenvalue weighted by Crippen LogP contribution is 2.27. The van der Waals surface area contributed by atoms with Gasteiger partial charge in [-0.2, -0.15) is 0 Å². The van der Waals surface area contributed by atoms with Gasteiger partial charge in [0.05, 0.1) is 31.2 Å². The van der Waals surface area contributed by atoms with Gasteiger partial charge in [0.1, 0.15) is 0 Å². The summed E-state index contributed by atoms with van der Waals surface area (Å²) < 4.78 is 0. The molecule has 1 aliphatic rings. The lowest BCUT2D eigenvalue weighted by Crippen LogP contribution is -2.45. The van der Waals surface area contributed by atoms with E-state index >= 15 is 0 Å². The number of halogens is 4. The van der Waals surface area contributed by atoms with Crippen LogP contribution in [0, 0.1) is 0 Å². The number of amidine groups is 2. The summed E-state index contributed by atoms with van der Waals surface area (Å²) in [5.41, 5.74) is 6.93. The second-order valence-electron chi connectivity index (χ2n) is 4.34. The Labute approximate surface area is 146 Å². The zero-order valence-electron chi connectivity index (χ0n) is 10.9. The van der Waals surface area contributed by atoms with Crippen LogP contribution < -0.4 is 10.9 Å². The molecule has 0 amide bonds. The lowest BCUT2D eigenvalue weighted by atomic mass is 10.2. The Balaban J connectivity index is 2.02. The molecule has 3 rings (SSSR count). The number of hydrazine groups is 1. The average molecular weight is 374 g/mol. The number of nitrogens with zero attached hydrogens (tertiary/aromatic N) is 2. The first-order chi connectivity index (χ1) is 10.6. The number of rotatable bonds is 2. The highest BCUT2D eigenvalue weighted by Gasteiger charge is 2.19. The van der Waals surface area contributed by atoms with Crippen LogP contribution in [0.15, 0.2) is 46.6 Å². The van der Waals surface area contributed by atoms with Crippen LogP contribution in [0.3, 0.4) is 0 Å². The molecule has 0 radical (unpaired) electrons. The van der Waals surface area contributed by atoms with Gasteiger partial charge in [0, 0.05) is 0 Å². The maximum absolute atomic E-state index is 6.14. The predicted octanol–water partition coefficient (Wildman–Crippen LogP) is 4.52. The lowest BCUT2D eigenvalue weighted by Gasteiger charge is -2.19. The van der Waals surface area contributed by atoms with Crippen LogP contribution in [0.25, 0.3) is 0 Å². The fourth-order valence-electron chi connectivity index (χ4n) is 1.94. The molecule has 22 heavy (non-hydrogen) atoms. The smallest absolute Gasteiger partial charge is 0.177 e. The van der Waals surface area contributed by atoms with Gasteiger partial charge in [0.25, 0.3) is 0 Å². The molecule has 0 saturated carbocycles. The van der Waals surface area contributed by atoms with Gasteiger partial charge in [-0.3, -0.25) is 10.9 Å². The fourth-order valence-corrected chi connectivity index (χ4v) is 3.09. The second-order valence-corrected chi connectivity index (χ2v) is 5.97. The predicted molar refractivity (Wildman–Crippen MR) is 92.3 cm³/mol. The van der Waals surface area contributed by atoms with Crippen molar-refractivity contribution < 1.29 is 0 Å². The zero-order valence-corrected chi connectivity index (χ0v) is 13.9. The van der Waals surface area contributed by atoms with E-state index in [9.17, 15) is 0 Å². The molecule has 2 aromatic rings. The van der Waals surface area contributed by atoms with Gasteiger partial charge in [0.2, 0.25) is 0 Å². The first kappa shape index (κ1) is 15.4. The van der Waals surface area contributed by atoms with Crippen LogP contribution in [0.4, 0.5) is 0 Å². The summed E-state index contributed by atoms with van der Waals surface area (Å²) in [5.74, 6) is 0.810. The third kappa shape index (κ3) is 2.88. The van der Waals surface area contributed by atoms with Gasteiger partial charge in [-0.05, 0) is 24.3 Å². The number of hydrogen-bond donors (Lipinski definition) is 2. The van der Waals surface area contributed by atoms with Crippen LogP contribution in [0.1, 0.15) is 11.1 Å². The van der Waals surface area contributed by atoms with Crippen LogP contribution in [0.2, 0.25) is 20.1 Å². The molecule has 2 N–H and O–H groups in total. The van der Waals surface area contributed by atoms with Crippen molar-refractivity contribution >= 4 is 58.1 Å². The zero-order chi connectivity index (χ0) is 15.7. The lowest BCUT2D eigenvalue weighted by molar-refractivity contribution is 0.826. The molecule has 0 bridgehead atoms. The summed E-state index contributed by atoms with van der Waals surface area (Å²) >= 11 is 24.6. The van der Waals surface area contributed by atoms with Gasteiger partial charge in [-0.15, -0.1) is 10.2 Å². The third-order valence-corrected chi connectivity index (χ3v) is 4.21. The van der Waals surface area contributed by atoms with Crippen molar-refractivity contribution in [3.63, 3.8) is 0 Å². The van der Waals surface area contributed by atoms with Crippen molar-refractivity contribution in [2.24, 2.45) is 10.2 Å². The molecule has 0 spiro atoms. The van der Waals surface area contributed by atoms with Gasteiger partial charge in [-0.25, -0.2) is 0 Å². The SMILES string of the molecule is Clc1cccc(Cl)c1C1=NN=C(c2c(Cl)cccc2Cl)NN1. The van der Waals surface area contributed by atoms with Crippen molar-refractivity contribution in [2.45, 2.75) is 0 Å².